The highest BCUT2D eigenvalue weighted by molar-refractivity contribution is 7.83. The third-order valence-electron chi connectivity index (χ3n) is 4.45. The van der Waals surface area contributed by atoms with Gasteiger partial charge in [-0.3, -0.25) is 5.14 Å². The first kappa shape index (κ1) is 21.0. The molecule has 3 nitrogen and oxygen atoms in total. The number of alkyl halides is 3. The van der Waals surface area contributed by atoms with Crippen LogP contribution in [0.15, 0.2) is 24.4 Å². The molecule has 26 heavy (non-hydrogen) atoms. The molecule has 1 aromatic heterocycles. The molecular weight excluding hydrogens is 361 g/mol. The summed E-state index contributed by atoms with van der Waals surface area (Å²) in [5.41, 5.74) is 1.95. The van der Waals surface area contributed by atoms with Crippen molar-refractivity contribution in [2.24, 2.45) is 10.6 Å². The molecule has 7 heteroatoms. The van der Waals surface area contributed by atoms with Gasteiger partial charge in [0, 0.05) is 28.9 Å². The largest absolute Gasteiger partial charge is 0.395 e. The minimum Gasteiger partial charge on any atom is -0.347 e. The van der Waals surface area contributed by atoms with Gasteiger partial charge in [0.2, 0.25) is 0 Å². The number of hydrogen-bond donors (Lipinski definition) is 1. The fraction of sp³-hybridized carbons (Fsp3) is 0.579. The zero-order valence-electron chi connectivity index (χ0n) is 15.9. The van der Waals surface area contributed by atoms with Crippen molar-refractivity contribution in [3.05, 3.63) is 35.5 Å². The number of aryl methyl sites for hydroxylation is 1. The van der Waals surface area contributed by atoms with Crippen LogP contribution < -0.4 is 5.14 Å². The number of aromatic nitrogens is 1. The Kier molecular flexibility index (Phi) is 5.93. The highest BCUT2D eigenvalue weighted by atomic mass is 32.2. The third-order valence-corrected chi connectivity index (χ3v) is 5.43. The first-order valence-electron chi connectivity index (χ1n) is 8.60. The molecule has 0 fully saturated rings. The van der Waals surface area contributed by atoms with Crippen LogP contribution in [-0.4, -0.2) is 20.2 Å². The number of nitrogens with zero attached hydrogens (tertiary/aromatic N) is 1. The van der Waals surface area contributed by atoms with Gasteiger partial charge in [-0.25, -0.2) is 4.21 Å². The summed E-state index contributed by atoms with van der Waals surface area (Å²) < 4.78 is 54.9. The van der Waals surface area contributed by atoms with Crippen molar-refractivity contribution in [1.82, 2.24) is 4.57 Å². The molecule has 0 aliphatic heterocycles. The van der Waals surface area contributed by atoms with Crippen LogP contribution in [0.1, 0.15) is 51.2 Å². The normalized spacial score (nSPS) is 16.7. The molecule has 2 unspecified atom stereocenters. The van der Waals surface area contributed by atoms with Gasteiger partial charge in [-0.05, 0) is 42.9 Å². The van der Waals surface area contributed by atoms with Gasteiger partial charge in [0.15, 0.2) is 0 Å². The maximum atomic E-state index is 13.8. The predicted molar refractivity (Wildman–Crippen MR) is 101 cm³/mol. The topological polar surface area (TPSA) is 48.0 Å². The minimum atomic E-state index is -4.43. The third kappa shape index (κ3) is 4.88. The minimum absolute atomic E-state index is 0.0766. The molecule has 0 radical (unpaired) electrons. The summed E-state index contributed by atoms with van der Waals surface area (Å²) in [6.07, 6.45) is -3.12. The second kappa shape index (κ2) is 7.35. The van der Waals surface area contributed by atoms with E-state index in [-0.39, 0.29) is 17.4 Å². The summed E-state index contributed by atoms with van der Waals surface area (Å²) in [4.78, 5) is 0. The van der Waals surface area contributed by atoms with E-state index in [9.17, 15) is 17.4 Å². The van der Waals surface area contributed by atoms with Crippen molar-refractivity contribution < 1.29 is 17.4 Å². The van der Waals surface area contributed by atoms with Crippen LogP contribution in [0.3, 0.4) is 0 Å². The molecule has 3 atom stereocenters. The Morgan fingerprint density at radius 2 is 1.85 bits per heavy atom. The lowest BCUT2D eigenvalue weighted by atomic mass is 9.93. The van der Waals surface area contributed by atoms with Crippen LogP contribution in [0.4, 0.5) is 13.2 Å². The van der Waals surface area contributed by atoms with E-state index in [4.69, 9.17) is 5.14 Å². The van der Waals surface area contributed by atoms with Gasteiger partial charge in [-0.15, -0.1) is 0 Å². The molecule has 0 bridgehead atoms. The monoisotopic (exact) mass is 388 g/mol. The molecule has 2 N–H and O–H groups in total. The zero-order chi connectivity index (χ0) is 19.9. The SMILES string of the molecule is Cc1ccc2c([C@H](CC(C)S(N)=O)C(F)(F)F)cn(CC(C)(C)C)c2c1. The van der Waals surface area contributed by atoms with Gasteiger partial charge >= 0.3 is 6.18 Å². The summed E-state index contributed by atoms with van der Waals surface area (Å²) in [5, 5.41) is 5.18. The van der Waals surface area contributed by atoms with Crippen LogP contribution >= 0.6 is 0 Å². The van der Waals surface area contributed by atoms with Crippen molar-refractivity contribution in [1.29, 1.82) is 0 Å². The van der Waals surface area contributed by atoms with Crippen molar-refractivity contribution in [3.8, 4) is 0 Å². The predicted octanol–water partition coefficient (Wildman–Crippen LogP) is 5.04. The van der Waals surface area contributed by atoms with E-state index in [0.717, 1.165) is 11.1 Å². The molecule has 0 amide bonds. The van der Waals surface area contributed by atoms with Gasteiger partial charge in [0.1, 0.15) is 0 Å². The molecule has 2 aromatic rings. The molecule has 146 valence electrons. The fourth-order valence-electron chi connectivity index (χ4n) is 3.21. The summed E-state index contributed by atoms with van der Waals surface area (Å²) in [6.45, 7) is 10.2. The van der Waals surface area contributed by atoms with E-state index in [1.807, 2.05) is 23.6 Å². The van der Waals surface area contributed by atoms with Crippen LogP contribution in [0.2, 0.25) is 0 Å². The Morgan fingerprint density at radius 1 is 1.23 bits per heavy atom. The number of rotatable bonds is 5. The smallest absolute Gasteiger partial charge is 0.347 e. The second-order valence-electron chi connectivity index (χ2n) is 8.26. The molecule has 0 aliphatic carbocycles. The summed E-state index contributed by atoms with van der Waals surface area (Å²) in [6, 6.07) is 5.50. The number of nitrogens with two attached hydrogens (primary N) is 1. The van der Waals surface area contributed by atoms with Crippen LogP contribution in [0.25, 0.3) is 10.9 Å². The first-order chi connectivity index (χ1) is 11.8. The Hall–Kier alpha value is -1.34. The lowest BCUT2D eigenvalue weighted by molar-refractivity contribution is -0.151. The Bertz CT molecular complexity index is 805. The Balaban J connectivity index is 2.63. The van der Waals surface area contributed by atoms with E-state index < -0.39 is 28.3 Å². The lowest BCUT2D eigenvalue weighted by Gasteiger charge is -2.22. The highest BCUT2D eigenvalue weighted by Gasteiger charge is 2.43. The van der Waals surface area contributed by atoms with Crippen molar-refractivity contribution in [3.63, 3.8) is 0 Å². The molecule has 0 spiro atoms. The van der Waals surface area contributed by atoms with Crippen LogP contribution in [0.5, 0.6) is 0 Å². The van der Waals surface area contributed by atoms with Crippen molar-refractivity contribution in [2.75, 3.05) is 0 Å². The van der Waals surface area contributed by atoms with Gasteiger partial charge in [0.05, 0.1) is 16.9 Å². The van der Waals surface area contributed by atoms with Gasteiger partial charge in [0.25, 0.3) is 0 Å². The summed E-state index contributed by atoms with van der Waals surface area (Å²) >= 11 is 0. The van der Waals surface area contributed by atoms with Gasteiger partial charge in [-0.2, -0.15) is 13.2 Å². The number of benzene rings is 1. The molecule has 2 rings (SSSR count). The first-order valence-corrected chi connectivity index (χ1v) is 9.88. The maximum Gasteiger partial charge on any atom is 0.395 e. The number of halogens is 3. The van der Waals surface area contributed by atoms with Gasteiger partial charge in [-0.1, -0.05) is 32.9 Å². The van der Waals surface area contributed by atoms with Crippen LogP contribution in [0, 0.1) is 12.3 Å². The fourth-order valence-corrected chi connectivity index (χ4v) is 3.60. The molecule has 1 heterocycles. The average molecular weight is 388 g/mol. The van der Waals surface area contributed by atoms with E-state index in [1.165, 1.54) is 6.92 Å². The number of hydrogen-bond acceptors (Lipinski definition) is 1. The Labute approximate surface area is 155 Å². The second-order valence-corrected chi connectivity index (χ2v) is 9.72. The molecule has 0 saturated heterocycles. The lowest BCUT2D eigenvalue weighted by Crippen LogP contribution is -2.28. The highest BCUT2D eigenvalue weighted by Crippen LogP contribution is 2.42. The Morgan fingerprint density at radius 3 is 2.35 bits per heavy atom. The summed E-state index contributed by atoms with van der Waals surface area (Å²) in [5.74, 6) is -1.70. The van der Waals surface area contributed by atoms with E-state index >= 15 is 0 Å². The zero-order valence-corrected chi connectivity index (χ0v) is 16.7. The van der Waals surface area contributed by atoms with Crippen LogP contribution in [-0.2, 0) is 17.5 Å². The average Bonchev–Trinajstić information content (AvgIpc) is 2.78. The molecule has 0 saturated carbocycles. The molecule has 1 aromatic carbocycles. The summed E-state index contributed by atoms with van der Waals surface area (Å²) in [7, 11) is -1.79. The van der Waals surface area contributed by atoms with E-state index in [1.54, 1.807) is 12.3 Å². The van der Waals surface area contributed by atoms with Crippen molar-refractivity contribution in [2.45, 2.75) is 64.9 Å². The van der Waals surface area contributed by atoms with Gasteiger partial charge < -0.3 is 4.57 Å². The van der Waals surface area contributed by atoms with E-state index in [0.29, 0.717) is 11.9 Å². The van der Waals surface area contributed by atoms with E-state index in [2.05, 4.69) is 20.8 Å². The standard InChI is InChI=1S/C19H27F3N2OS/c1-12-6-7-14-15(10-24(17(14)8-12)11-18(3,4)5)16(19(20,21)22)9-13(2)26(23)25/h6-8,10,13,16H,9,11,23H2,1-5H3/t13?,16-,26?/m0/s1. The maximum absolute atomic E-state index is 13.8. The number of fused-ring (bicyclic) bond motifs is 1. The molecular formula is C19H27F3N2OS. The van der Waals surface area contributed by atoms with Crippen molar-refractivity contribution >= 4 is 21.9 Å². The quantitative estimate of drug-likeness (QED) is 0.766. The molecule has 0 aliphatic rings.